The molecule has 0 atom stereocenters. The Labute approximate surface area is 135 Å². The Morgan fingerprint density at radius 3 is 2.14 bits per heavy atom. The van der Waals surface area contributed by atoms with E-state index in [0.29, 0.717) is 6.61 Å². The van der Waals surface area contributed by atoms with E-state index in [4.69, 9.17) is 4.74 Å². The SMILES string of the molecule is CCNCc1ccc(COc2cc(C)c(Br)c(C)c2)cc1. The molecule has 0 spiro atoms. The second kappa shape index (κ2) is 7.62. The van der Waals surface area contributed by atoms with E-state index < -0.39 is 0 Å². The first-order chi connectivity index (χ1) is 10.1. The number of hydrogen-bond donors (Lipinski definition) is 1. The van der Waals surface area contributed by atoms with Crippen molar-refractivity contribution in [3.05, 3.63) is 63.1 Å². The molecular weight excluding hydrogens is 326 g/mol. The van der Waals surface area contributed by atoms with Gasteiger partial charge in [0.05, 0.1) is 0 Å². The number of halogens is 1. The zero-order valence-corrected chi connectivity index (χ0v) is 14.5. The lowest BCUT2D eigenvalue weighted by atomic mass is 10.1. The van der Waals surface area contributed by atoms with Crippen molar-refractivity contribution < 1.29 is 4.74 Å². The average Bonchev–Trinajstić information content (AvgIpc) is 2.49. The lowest BCUT2D eigenvalue weighted by Crippen LogP contribution is -2.11. The summed E-state index contributed by atoms with van der Waals surface area (Å²) in [4.78, 5) is 0. The molecular formula is C18H22BrNO. The Morgan fingerprint density at radius 2 is 1.57 bits per heavy atom. The van der Waals surface area contributed by atoms with Gasteiger partial charge in [0.15, 0.2) is 0 Å². The zero-order chi connectivity index (χ0) is 15.2. The Balaban J connectivity index is 1.96. The van der Waals surface area contributed by atoms with Crippen LogP contribution in [0.15, 0.2) is 40.9 Å². The Morgan fingerprint density at radius 1 is 1.00 bits per heavy atom. The number of hydrogen-bond acceptors (Lipinski definition) is 2. The fraction of sp³-hybridized carbons (Fsp3) is 0.333. The van der Waals surface area contributed by atoms with Crippen LogP contribution in [0.5, 0.6) is 5.75 Å². The van der Waals surface area contributed by atoms with Crippen LogP contribution in [0.3, 0.4) is 0 Å². The zero-order valence-electron chi connectivity index (χ0n) is 12.9. The summed E-state index contributed by atoms with van der Waals surface area (Å²) >= 11 is 3.58. The van der Waals surface area contributed by atoms with Gasteiger partial charge in [-0.05, 0) is 54.8 Å². The molecule has 0 amide bonds. The molecule has 2 aromatic rings. The molecule has 0 aliphatic heterocycles. The van der Waals surface area contributed by atoms with Crippen molar-refractivity contribution in [1.29, 1.82) is 0 Å². The van der Waals surface area contributed by atoms with Crippen LogP contribution in [-0.4, -0.2) is 6.54 Å². The molecule has 0 aromatic heterocycles. The van der Waals surface area contributed by atoms with Gasteiger partial charge in [-0.1, -0.05) is 47.1 Å². The lowest BCUT2D eigenvalue weighted by molar-refractivity contribution is 0.305. The molecule has 0 aliphatic rings. The second-order valence-corrected chi connectivity index (χ2v) is 6.05. The number of aryl methyl sites for hydroxylation is 2. The Hall–Kier alpha value is -1.32. The third-order valence-corrected chi connectivity index (χ3v) is 4.67. The molecule has 2 nitrogen and oxygen atoms in total. The fourth-order valence-electron chi connectivity index (χ4n) is 2.18. The van der Waals surface area contributed by atoms with Gasteiger partial charge in [-0.2, -0.15) is 0 Å². The van der Waals surface area contributed by atoms with Crippen LogP contribution >= 0.6 is 15.9 Å². The van der Waals surface area contributed by atoms with Crippen molar-refractivity contribution in [3.63, 3.8) is 0 Å². The summed E-state index contributed by atoms with van der Waals surface area (Å²) in [5.41, 5.74) is 4.89. The van der Waals surface area contributed by atoms with Crippen LogP contribution in [0, 0.1) is 13.8 Å². The maximum atomic E-state index is 5.89. The van der Waals surface area contributed by atoms with Gasteiger partial charge in [0.1, 0.15) is 12.4 Å². The molecule has 3 heteroatoms. The van der Waals surface area contributed by atoms with Crippen molar-refractivity contribution in [3.8, 4) is 5.75 Å². The van der Waals surface area contributed by atoms with Crippen LogP contribution in [0.4, 0.5) is 0 Å². The molecule has 0 saturated heterocycles. The molecule has 0 fully saturated rings. The lowest BCUT2D eigenvalue weighted by Gasteiger charge is -2.11. The highest BCUT2D eigenvalue weighted by molar-refractivity contribution is 9.10. The average molecular weight is 348 g/mol. The van der Waals surface area contributed by atoms with Crippen LogP contribution in [-0.2, 0) is 13.2 Å². The van der Waals surface area contributed by atoms with Gasteiger partial charge in [-0.15, -0.1) is 0 Å². The van der Waals surface area contributed by atoms with Crippen molar-refractivity contribution in [2.45, 2.75) is 33.9 Å². The summed E-state index contributed by atoms with van der Waals surface area (Å²) in [5, 5.41) is 3.32. The molecule has 2 aromatic carbocycles. The van der Waals surface area contributed by atoms with Crippen LogP contribution < -0.4 is 10.1 Å². The van der Waals surface area contributed by atoms with Crippen molar-refractivity contribution in [1.82, 2.24) is 5.32 Å². The molecule has 0 radical (unpaired) electrons. The summed E-state index contributed by atoms with van der Waals surface area (Å²) in [5.74, 6) is 0.921. The Kier molecular flexibility index (Phi) is 5.83. The van der Waals surface area contributed by atoms with E-state index in [-0.39, 0.29) is 0 Å². The molecule has 1 N–H and O–H groups in total. The summed E-state index contributed by atoms with van der Waals surface area (Å²) in [6.07, 6.45) is 0. The minimum absolute atomic E-state index is 0.599. The van der Waals surface area contributed by atoms with Crippen molar-refractivity contribution in [2.75, 3.05) is 6.54 Å². The summed E-state index contributed by atoms with van der Waals surface area (Å²) < 4.78 is 7.05. The van der Waals surface area contributed by atoms with Crippen LogP contribution in [0.2, 0.25) is 0 Å². The first-order valence-corrected chi connectivity index (χ1v) is 8.07. The molecule has 21 heavy (non-hydrogen) atoms. The normalized spacial score (nSPS) is 10.7. The van der Waals surface area contributed by atoms with E-state index in [1.807, 2.05) is 0 Å². The Bertz CT molecular complexity index is 570. The van der Waals surface area contributed by atoms with E-state index in [1.54, 1.807) is 0 Å². The molecule has 2 rings (SSSR count). The van der Waals surface area contributed by atoms with Crippen molar-refractivity contribution >= 4 is 15.9 Å². The van der Waals surface area contributed by atoms with E-state index >= 15 is 0 Å². The molecule has 0 unspecified atom stereocenters. The molecule has 0 aliphatic carbocycles. The molecule has 112 valence electrons. The van der Waals surface area contributed by atoms with Gasteiger partial charge in [0, 0.05) is 11.0 Å². The minimum atomic E-state index is 0.599. The predicted molar refractivity (Wildman–Crippen MR) is 91.8 cm³/mol. The summed E-state index contributed by atoms with van der Waals surface area (Å²) in [6, 6.07) is 12.7. The van der Waals surface area contributed by atoms with Gasteiger partial charge in [0.2, 0.25) is 0 Å². The quantitative estimate of drug-likeness (QED) is 0.813. The topological polar surface area (TPSA) is 21.3 Å². The predicted octanol–water partition coefficient (Wildman–Crippen LogP) is 4.75. The van der Waals surface area contributed by atoms with Crippen LogP contribution in [0.25, 0.3) is 0 Å². The standard InChI is InChI=1S/C18H22BrNO/c1-4-20-11-15-5-7-16(8-6-15)12-21-17-9-13(2)18(19)14(3)10-17/h5-10,20H,4,11-12H2,1-3H3. The van der Waals surface area contributed by atoms with Gasteiger partial charge >= 0.3 is 0 Å². The van der Waals surface area contributed by atoms with E-state index in [9.17, 15) is 0 Å². The molecule has 0 bridgehead atoms. The maximum absolute atomic E-state index is 5.89. The molecule has 0 heterocycles. The van der Waals surface area contributed by atoms with Gasteiger partial charge in [-0.3, -0.25) is 0 Å². The van der Waals surface area contributed by atoms with E-state index in [1.165, 1.54) is 22.3 Å². The van der Waals surface area contributed by atoms with Gasteiger partial charge in [-0.25, -0.2) is 0 Å². The number of nitrogens with one attached hydrogen (secondary N) is 1. The van der Waals surface area contributed by atoms with Gasteiger partial charge in [0.25, 0.3) is 0 Å². The number of ether oxygens (including phenoxy) is 1. The maximum Gasteiger partial charge on any atom is 0.120 e. The summed E-state index contributed by atoms with van der Waals surface area (Å²) in [6.45, 7) is 8.79. The van der Waals surface area contributed by atoms with Gasteiger partial charge < -0.3 is 10.1 Å². The number of benzene rings is 2. The third-order valence-electron chi connectivity index (χ3n) is 3.42. The number of rotatable bonds is 6. The third kappa shape index (κ3) is 4.58. The summed E-state index contributed by atoms with van der Waals surface area (Å²) in [7, 11) is 0. The first kappa shape index (κ1) is 16.1. The minimum Gasteiger partial charge on any atom is -0.489 e. The smallest absolute Gasteiger partial charge is 0.120 e. The first-order valence-electron chi connectivity index (χ1n) is 7.28. The highest BCUT2D eigenvalue weighted by atomic mass is 79.9. The van der Waals surface area contributed by atoms with E-state index in [0.717, 1.165) is 23.3 Å². The second-order valence-electron chi connectivity index (χ2n) is 5.26. The highest BCUT2D eigenvalue weighted by Crippen LogP contribution is 2.26. The van der Waals surface area contributed by atoms with Crippen LogP contribution in [0.1, 0.15) is 29.2 Å². The largest absolute Gasteiger partial charge is 0.489 e. The fourth-order valence-corrected chi connectivity index (χ4v) is 2.41. The van der Waals surface area contributed by atoms with E-state index in [2.05, 4.69) is 78.4 Å². The van der Waals surface area contributed by atoms with Crippen molar-refractivity contribution in [2.24, 2.45) is 0 Å². The monoisotopic (exact) mass is 347 g/mol. The molecule has 0 saturated carbocycles. The highest BCUT2D eigenvalue weighted by Gasteiger charge is 2.03.